The predicted molar refractivity (Wildman–Crippen MR) is 99.4 cm³/mol. The Morgan fingerprint density at radius 3 is 2.58 bits per heavy atom. The summed E-state index contributed by atoms with van der Waals surface area (Å²) in [6.45, 7) is 3.65. The van der Waals surface area contributed by atoms with E-state index in [0.717, 1.165) is 31.2 Å². The Bertz CT molecular complexity index is 636. The summed E-state index contributed by atoms with van der Waals surface area (Å²) >= 11 is 0. The van der Waals surface area contributed by atoms with E-state index in [9.17, 15) is 0 Å². The third kappa shape index (κ3) is 5.05. The number of aliphatic imine (C=N–C) groups is 1. The molecule has 1 aromatic carbocycles. The molecule has 0 amide bonds. The molecule has 1 atom stereocenters. The minimum absolute atomic E-state index is 0.104. The van der Waals surface area contributed by atoms with Crippen molar-refractivity contribution in [2.45, 2.75) is 26.0 Å². The van der Waals surface area contributed by atoms with E-state index in [-0.39, 0.29) is 6.10 Å². The molecular weight excluding hydrogens is 300 g/mol. The lowest BCUT2D eigenvalue weighted by Crippen LogP contribution is -2.43. The smallest absolute Gasteiger partial charge is 0.193 e. The number of hydrogen-bond acceptors (Lipinski definition) is 2. The summed E-state index contributed by atoms with van der Waals surface area (Å²) in [5.74, 6) is 1.77. The van der Waals surface area contributed by atoms with Gasteiger partial charge in [-0.05, 0) is 30.7 Å². The van der Waals surface area contributed by atoms with Gasteiger partial charge >= 0.3 is 0 Å². The van der Waals surface area contributed by atoms with Crippen LogP contribution in [-0.4, -0.2) is 42.2 Å². The summed E-state index contributed by atoms with van der Waals surface area (Å²) in [5, 5.41) is 3.41. The first kappa shape index (κ1) is 17.9. The fourth-order valence-electron chi connectivity index (χ4n) is 2.53. The van der Waals surface area contributed by atoms with Gasteiger partial charge in [-0.2, -0.15) is 0 Å². The number of guanidine groups is 1. The largest absolute Gasteiger partial charge is 0.489 e. The molecule has 0 spiro atoms. The Morgan fingerprint density at radius 1 is 1.25 bits per heavy atom. The maximum atomic E-state index is 6.02. The van der Waals surface area contributed by atoms with Gasteiger partial charge in [0.15, 0.2) is 5.96 Å². The monoisotopic (exact) mass is 328 g/mol. The van der Waals surface area contributed by atoms with Crippen LogP contribution in [0.15, 0.2) is 53.7 Å². The third-order valence-corrected chi connectivity index (χ3v) is 4.01. The summed E-state index contributed by atoms with van der Waals surface area (Å²) in [6, 6.07) is 14.1. The molecule has 2 rings (SSSR count). The Morgan fingerprint density at radius 2 is 2.00 bits per heavy atom. The number of para-hydroxylation sites is 1. The van der Waals surface area contributed by atoms with Gasteiger partial charge < -0.3 is 19.5 Å². The molecule has 0 aliphatic heterocycles. The van der Waals surface area contributed by atoms with Crippen molar-refractivity contribution in [1.29, 1.82) is 0 Å². The predicted octanol–water partition coefficient (Wildman–Crippen LogP) is 2.89. The second-order valence-electron chi connectivity index (χ2n) is 5.86. The van der Waals surface area contributed by atoms with Crippen molar-refractivity contribution in [2.75, 3.05) is 20.6 Å². The van der Waals surface area contributed by atoms with Crippen molar-refractivity contribution in [2.24, 2.45) is 12.0 Å². The van der Waals surface area contributed by atoms with Crippen LogP contribution in [0.5, 0.6) is 5.75 Å². The summed E-state index contributed by atoms with van der Waals surface area (Å²) < 4.78 is 8.15. The van der Waals surface area contributed by atoms with Crippen LogP contribution < -0.4 is 10.1 Å². The number of rotatable bonds is 7. The highest BCUT2D eigenvalue weighted by atomic mass is 16.5. The van der Waals surface area contributed by atoms with E-state index >= 15 is 0 Å². The molecule has 0 radical (unpaired) electrons. The van der Waals surface area contributed by atoms with Crippen LogP contribution in [0.1, 0.15) is 19.0 Å². The molecule has 5 heteroatoms. The van der Waals surface area contributed by atoms with Crippen LogP contribution in [-0.2, 0) is 13.6 Å². The molecule has 24 heavy (non-hydrogen) atoms. The minimum Gasteiger partial charge on any atom is -0.489 e. The SMILES string of the molecule is CCC(CNC(=NC)N(C)Cc1cccn1C)Oc1ccccc1. The van der Waals surface area contributed by atoms with Crippen LogP contribution in [0.25, 0.3) is 0 Å². The average molecular weight is 328 g/mol. The first-order valence-electron chi connectivity index (χ1n) is 8.37. The third-order valence-electron chi connectivity index (χ3n) is 4.01. The quantitative estimate of drug-likeness (QED) is 0.628. The summed E-state index contributed by atoms with van der Waals surface area (Å²) in [4.78, 5) is 6.49. The number of hydrogen-bond donors (Lipinski definition) is 1. The average Bonchev–Trinajstić information content (AvgIpc) is 3.00. The fraction of sp³-hybridized carbons (Fsp3) is 0.421. The molecule has 5 nitrogen and oxygen atoms in total. The lowest BCUT2D eigenvalue weighted by atomic mass is 10.2. The zero-order chi connectivity index (χ0) is 17.4. The lowest BCUT2D eigenvalue weighted by Gasteiger charge is -2.25. The molecule has 1 heterocycles. The van der Waals surface area contributed by atoms with Crippen LogP contribution in [0, 0.1) is 0 Å². The van der Waals surface area contributed by atoms with Gasteiger partial charge in [0.1, 0.15) is 11.9 Å². The molecule has 1 unspecified atom stereocenters. The molecule has 2 aromatic rings. The maximum absolute atomic E-state index is 6.02. The zero-order valence-corrected chi connectivity index (χ0v) is 15.1. The van der Waals surface area contributed by atoms with Crippen molar-refractivity contribution >= 4 is 5.96 Å². The standard InChI is InChI=1S/C19H28N4O/c1-5-17(24-18-11-7-6-8-12-18)14-21-19(20-2)23(4)15-16-10-9-13-22(16)3/h6-13,17H,5,14-15H2,1-4H3,(H,20,21). The second-order valence-corrected chi connectivity index (χ2v) is 5.86. The number of aryl methyl sites for hydroxylation is 1. The summed E-state index contributed by atoms with van der Waals surface area (Å²) in [7, 11) is 5.91. The highest BCUT2D eigenvalue weighted by molar-refractivity contribution is 5.79. The highest BCUT2D eigenvalue weighted by Gasteiger charge is 2.12. The fourth-order valence-corrected chi connectivity index (χ4v) is 2.53. The number of nitrogens with one attached hydrogen (secondary N) is 1. The molecule has 0 saturated carbocycles. The van der Waals surface area contributed by atoms with E-state index in [4.69, 9.17) is 4.74 Å². The van der Waals surface area contributed by atoms with Gasteiger partial charge in [0.25, 0.3) is 0 Å². The van der Waals surface area contributed by atoms with Gasteiger partial charge in [-0.1, -0.05) is 25.1 Å². The molecule has 130 valence electrons. The molecule has 0 fully saturated rings. The molecule has 0 saturated heterocycles. The van der Waals surface area contributed by atoms with Crippen molar-refractivity contribution in [1.82, 2.24) is 14.8 Å². The van der Waals surface area contributed by atoms with Gasteiger partial charge in [-0.3, -0.25) is 4.99 Å². The van der Waals surface area contributed by atoms with Gasteiger partial charge in [-0.25, -0.2) is 0 Å². The second kappa shape index (κ2) is 9.01. The molecule has 0 aliphatic carbocycles. The van der Waals surface area contributed by atoms with Gasteiger partial charge in [0, 0.05) is 33.0 Å². The van der Waals surface area contributed by atoms with Gasteiger partial charge in [0.05, 0.1) is 13.1 Å². The van der Waals surface area contributed by atoms with E-state index in [1.807, 2.05) is 44.4 Å². The van der Waals surface area contributed by atoms with Crippen molar-refractivity contribution < 1.29 is 4.74 Å². The molecule has 0 bridgehead atoms. The molecule has 0 aliphatic rings. The first-order valence-corrected chi connectivity index (χ1v) is 8.37. The van der Waals surface area contributed by atoms with Crippen LogP contribution in [0.3, 0.4) is 0 Å². The number of ether oxygens (including phenoxy) is 1. The van der Waals surface area contributed by atoms with E-state index in [2.05, 4.69) is 52.1 Å². The topological polar surface area (TPSA) is 41.8 Å². The van der Waals surface area contributed by atoms with Gasteiger partial charge in [-0.15, -0.1) is 0 Å². The molecule has 1 aromatic heterocycles. The van der Waals surface area contributed by atoms with Crippen LogP contribution in [0.4, 0.5) is 0 Å². The van der Waals surface area contributed by atoms with Gasteiger partial charge in [0.2, 0.25) is 0 Å². The van der Waals surface area contributed by atoms with E-state index in [0.29, 0.717) is 0 Å². The Hall–Kier alpha value is -2.43. The Labute approximate surface area is 145 Å². The molecular formula is C19H28N4O. The first-order chi connectivity index (χ1) is 11.6. The Balaban J connectivity index is 1.88. The lowest BCUT2D eigenvalue weighted by molar-refractivity contribution is 0.198. The Kier molecular flexibility index (Phi) is 6.73. The normalized spacial score (nSPS) is 12.8. The van der Waals surface area contributed by atoms with E-state index < -0.39 is 0 Å². The number of nitrogens with zero attached hydrogens (tertiary/aromatic N) is 3. The zero-order valence-electron chi connectivity index (χ0n) is 15.1. The molecule has 1 N–H and O–H groups in total. The van der Waals surface area contributed by atoms with Crippen molar-refractivity contribution in [3.05, 3.63) is 54.4 Å². The van der Waals surface area contributed by atoms with Crippen molar-refractivity contribution in [3.8, 4) is 5.75 Å². The van der Waals surface area contributed by atoms with E-state index in [1.165, 1.54) is 5.69 Å². The minimum atomic E-state index is 0.104. The summed E-state index contributed by atoms with van der Waals surface area (Å²) in [5.41, 5.74) is 1.24. The number of aromatic nitrogens is 1. The highest BCUT2D eigenvalue weighted by Crippen LogP contribution is 2.12. The van der Waals surface area contributed by atoms with Crippen LogP contribution >= 0.6 is 0 Å². The van der Waals surface area contributed by atoms with Crippen molar-refractivity contribution in [3.63, 3.8) is 0 Å². The maximum Gasteiger partial charge on any atom is 0.193 e. The van der Waals surface area contributed by atoms with Crippen LogP contribution in [0.2, 0.25) is 0 Å². The summed E-state index contributed by atoms with van der Waals surface area (Å²) in [6.07, 6.45) is 3.09. The van der Waals surface area contributed by atoms with E-state index in [1.54, 1.807) is 0 Å². The number of benzene rings is 1.